The van der Waals surface area contributed by atoms with Crippen LogP contribution >= 0.6 is 22.7 Å². The molecule has 3 aromatic heterocycles. The van der Waals surface area contributed by atoms with Gasteiger partial charge in [-0.05, 0) is 45.6 Å². The van der Waals surface area contributed by atoms with Crippen LogP contribution in [-0.2, 0) is 0 Å². The van der Waals surface area contributed by atoms with Crippen molar-refractivity contribution in [1.29, 1.82) is 0 Å². The summed E-state index contributed by atoms with van der Waals surface area (Å²) in [4.78, 5) is 17.5. The molecule has 4 rings (SSSR count). The highest BCUT2D eigenvalue weighted by Gasteiger charge is 2.12. The third-order valence-electron chi connectivity index (χ3n) is 4.64. The van der Waals surface area contributed by atoms with Gasteiger partial charge in [-0.3, -0.25) is 0 Å². The van der Waals surface area contributed by atoms with Crippen LogP contribution in [0.1, 0.15) is 38.3 Å². The molecule has 31 heavy (non-hydrogen) atoms. The van der Waals surface area contributed by atoms with Crippen LogP contribution in [0.25, 0.3) is 22.0 Å². The number of aromatic nitrogens is 3. The molecule has 0 atom stereocenters. The third-order valence-corrected chi connectivity index (χ3v) is 6.29. The minimum atomic E-state index is 0.659. The van der Waals surface area contributed by atoms with Crippen LogP contribution in [0.4, 0.5) is 5.13 Å². The molecule has 4 heterocycles. The molecule has 0 radical (unpaired) electrons. The van der Waals surface area contributed by atoms with Crippen molar-refractivity contribution in [3.05, 3.63) is 28.6 Å². The fourth-order valence-corrected chi connectivity index (χ4v) is 4.45. The summed E-state index contributed by atoms with van der Waals surface area (Å²) < 4.78 is 5.72. The van der Waals surface area contributed by atoms with Crippen LogP contribution in [0.2, 0.25) is 0 Å². The Morgan fingerprint density at radius 2 is 1.84 bits per heavy atom. The van der Waals surface area contributed by atoms with Crippen molar-refractivity contribution < 1.29 is 4.74 Å². The maximum Gasteiger partial charge on any atom is 0.213 e. The highest BCUT2D eigenvalue weighted by Crippen LogP contribution is 2.32. The number of nitrogens with one attached hydrogen (secondary N) is 2. The topological polar surface area (TPSA) is 84.3 Å². The second-order valence-corrected chi connectivity index (χ2v) is 8.77. The van der Waals surface area contributed by atoms with Crippen LogP contribution in [-0.4, -0.2) is 48.0 Å². The van der Waals surface area contributed by atoms with E-state index in [0.29, 0.717) is 17.6 Å². The largest absolute Gasteiger partial charge is 0.478 e. The Bertz CT molecular complexity index is 940. The molecule has 7 nitrogen and oxygen atoms in total. The summed E-state index contributed by atoms with van der Waals surface area (Å²) in [7, 11) is 0. The summed E-state index contributed by atoms with van der Waals surface area (Å²) >= 11 is 3.05. The Morgan fingerprint density at radius 1 is 1.06 bits per heavy atom. The van der Waals surface area contributed by atoms with Crippen LogP contribution in [0.3, 0.4) is 0 Å². The molecule has 1 aliphatic rings. The van der Waals surface area contributed by atoms with E-state index >= 15 is 0 Å². The van der Waals surface area contributed by atoms with Gasteiger partial charge in [0.1, 0.15) is 16.4 Å². The van der Waals surface area contributed by atoms with Gasteiger partial charge in [0.05, 0.1) is 12.3 Å². The zero-order valence-electron chi connectivity index (χ0n) is 18.2. The summed E-state index contributed by atoms with van der Waals surface area (Å²) in [5.41, 5.74) is 3.62. The highest BCUT2D eigenvalue weighted by molar-refractivity contribution is 7.14. The molecule has 2 N–H and O–H groups in total. The third kappa shape index (κ3) is 7.17. The Hall–Kier alpha value is -2.20. The quantitative estimate of drug-likeness (QED) is 0.362. The number of unbranched alkanes of at least 4 members (excludes halogenated alkanes) is 2. The Labute approximate surface area is 192 Å². The van der Waals surface area contributed by atoms with Gasteiger partial charge in [-0.2, -0.15) is 0 Å². The lowest BCUT2D eigenvalue weighted by molar-refractivity contribution is 0.294. The van der Waals surface area contributed by atoms with E-state index in [0.717, 1.165) is 40.7 Å². The molecule has 0 saturated carbocycles. The number of nitrogens with zero attached hydrogens (tertiary/aromatic N) is 4. The number of rotatable bonds is 8. The number of pyridine rings is 1. The molecular weight excluding hydrogens is 428 g/mol. The monoisotopic (exact) mass is 458 g/mol. The molecule has 1 aliphatic heterocycles. The first kappa shape index (κ1) is 23.5. The predicted octanol–water partition coefficient (Wildman–Crippen LogP) is 5.06. The van der Waals surface area contributed by atoms with Crippen LogP contribution in [0.5, 0.6) is 5.88 Å². The van der Waals surface area contributed by atoms with E-state index in [1.54, 1.807) is 11.3 Å². The SMILES string of the molecule is C1CNCNC1.C=Nc1nc(-c2csc(-c3ccc(OCCCCC)nc3C)n2)cs1. The molecule has 166 valence electrons. The van der Waals surface area contributed by atoms with Gasteiger partial charge >= 0.3 is 0 Å². The number of thiazole rings is 2. The number of aryl methyl sites for hydroxylation is 1. The van der Waals surface area contributed by atoms with Crippen molar-refractivity contribution in [2.75, 3.05) is 26.4 Å². The van der Waals surface area contributed by atoms with Gasteiger partial charge in [0.25, 0.3) is 0 Å². The van der Waals surface area contributed by atoms with E-state index in [1.165, 1.54) is 43.7 Å². The number of aliphatic imine (C=N–C) groups is 1. The summed E-state index contributed by atoms with van der Waals surface area (Å²) in [6.07, 6.45) is 4.70. The molecule has 1 saturated heterocycles. The van der Waals surface area contributed by atoms with Crippen LogP contribution < -0.4 is 15.4 Å². The van der Waals surface area contributed by atoms with Crippen molar-refractivity contribution >= 4 is 34.5 Å². The maximum atomic E-state index is 5.72. The second-order valence-electron chi connectivity index (χ2n) is 7.08. The first-order valence-electron chi connectivity index (χ1n) is 10.6. The van der Waals surface area contributed by atoms with Gasteiger partial charge in [0.2, 0.25) is 11.0 Å². The van der Waals surface area contributed by atoms with Crippen molar-refractivity contribution in [3.63, 3.8) is 0 Å². The normalized spacial score (nSPS) is 13.4. The molecular formula is C22H30N6OS2. The molecule has 3 aromatic rings. The Morgan fingerprint density at radius 3 is 2.45 bits per heavy atom. The molecule has 0 spiro atoms. The lowest BCUT2D eigenvalue weighted by Gasteiger charge is -2.11. The smallest absolute Gasteiger partial charge is 0.213 e. The van der Waals surface area contributed by atoms with Crippen LogP contribution in [0.15, 0.2) is 27.9 Å². The first-order chi connectivity index (χ1) is 15.2. The van der Waals surface area contributed by atoms with Gasteiger partial charge in [-0.1, -0.05) is 19.8 Å². The van der Waals surface area contributed by atoms with Gasteiger partial charge in [-0.15, -0.1) is 22.7 Å². The molecule has 0 unspecified atom stereocenters. The molecule has 0 amide bonds. The standard InChI is InChI=1S/C18H20N4OS2.C4H10N2/c1-4-5-6-9-23-16-8-7-13(12(2)20-16)17-21-14(10-24-17)15-11-25-18(19-3)22-15;1-2-5-4-6-3-1/h7-8,10-11H,3-6,9H2,1-2H3;5-6H,1-4H2. The molecule has 0 bridgehead atoms. The molecule has 0 aliphatic carbocycles. The Kier molecular flexibility index (Phi) is 9.54. The lowest BCUT2D eigenvalue weighted by atomic mass is 10.2. The Balaban J connectivity index is 0.000000391. The van der Waals surface area contributed by atoms with E-state index in [1.807, 2.05) is 29.8 Å². The summed E-state index contributed by atoms with van der Waals surface area (Å²) in [6.45, 7) is 11.8. The van der Waals surface area contributed by atoms with Crippen molar-refractivity contribution in [2.24, 2.45) is 4.99 Å². The van der Waals surface area contributed by atoms with Gasteiger partial charge in [-0.25, -0.2) is 19.9 Å². The summed E-state index contributed by atoms with van der Waals surface area (Å²) in [6, 6.07) is 3.94. The molecule has 0 aromatic carbocycles. The zero-order chi connectivity index (χ0) is 21.9. The number of ether oxygens (including phenoxy) is 1. The molecule has 1 fully saturated rings. The van der Waals surface area contributed by atoms with E-state index in [2.05, 4.69) is 39.2 Å². The van der Waals surface area contributed by atoms with Gasteiger partial charge < -0.3 is 15.4 Å². The van der Waals surface area contributed by atoms with E-state index in [4.69, 9.17) is 9.72 Å². The minimum absolute atomic E-state index is 0.659. The molecule has 9 heteroatoms. The number of hydrogen-bond donors (Lipinski definition) is 2. The highest BCUT2D eigenvalue weighted by atomic mass is 32.1. The van der Waals surface area contributed by atoms with Crippen molar-refractivity contribution in [3.8, 4) is 27.8 Å². The van der Waals surface area contributed by atoms with E-state index in [9.17, 15) is 0 Å². The van der Waals surface area contributed by atoms with Crippen molar-refractivity contribution in [2.45, 2.75) is 39.5 Å². The lowest BCUT2D eigenvalue weighted by Crippen LogP contribution is -2.37. The van der Waals surface area contributed by atoms with E-state index in [-0.39, 0.29) is 0 Å². The van der Waals surface area contributed by atoms with Crippen LogP contribution in [0, 0.1) is 6.92 Å². The number of hydrogen-bond acceptors (Lipinski definition) is 9. The fourth-order valence-electron chi connectivity index (χ4n) is 2.95. The zero-order valence-corrected chi connectivity index (χ0v) is 19.8. The average Bonchev–Trinajstić information content (AvgIpc) is 3.48. The van der Waals surface area contributed by atoms with Gasteiger partial charge in [0.15, 0.2) is 0 Å². The van der Waals surface area contributed by atoms with Gasteiger partial charge in [0, 0.05) is 29.1 Å². The predicted molar refractivity (Wildman–Crippen MR) is 131 cm³/mol. The first-order valence-corrected chi connectivity index (χ1v) is 12.4. The van der Waals surface area contributed by atoms with Crippen molar-refractivity contribution in [1.82, 2.24) is 25.6 Å². The minimum Gasteiger partial charge on any atom is -0.478 e. The van der Waals surface area contributed by atoms with E-state index < -0.39 is 0 Å². The fraction of sp³-hybridized carbons (Fsp3) is 0.455. The average molecular weight is 459 g/mol. The second kappa shape index (κ2) is 12.6. The maximum absolute atomic E-state index is 5.72. The summed E-state index contributed by atoms with van der Waals surface area (Å²) in [5, 5.41) is 11.9. The summed E-state index contributed by atoms with van der Waals surface area (Å²) in [5.74, 6) is 0.676.